The Bertz CT molecular complexity index is 269. The van der Waals surface area contributed by atoms with Gasteiger partial charge in [0.15, 0.2) is 5.78 Å². The monoisotopic (exact) mass is 134 g/mol. The van der Waals surface area contributed by atoms with E-state index in [9.17, 15) is 4.79 Å². The molecule has 0 bridgehead atoms. The van der Waals surface area contributed by atoms with Gasteiger partial charge in [-0.25, -0.2) is 0 Å². The van der Waals surface area contributed by atoms with E-state index in [2.05, 4.69) is 0 Å². The molecule has 0 radical (unpaired) electrons. The van der Waals surface area contributed by atoms with E-state index in [1.165, 1.54) is 0 Å². The average Bonchev–Trinajstić information content (AvgIpc) is 2.27. The largest absolute Gasteiger partial charge is 0.472 e. The molecular formula is C8H6O2. The van der Waals surface area contributed by atoms with Gasteiger partial charge in [-0.2, -0.15) is 0 Å². The van der Waals surface area contributed by atoms with Gasteiger partial charge >= 0.3 is 0 Å². The van der Waals surface area contributed by atoms with Crippen molar-refractivity contribution in [1.29, 1.82) is 0 Å². The first-order valence-electron chi connectivity index (χ1n) is 3.12. The van der Waals surface area contributed by atoms with Crippen LogP contribution in [0.25, 0.3) is 0 Å². The summed E-state index contributed by atoms with van der Waals surface area (Å²) in [6.45, 7) is 0. The molecule has 0 fully saturated rings. The van der Waals surface area contributed by atoms with Crippen molar-refractivity contribution in [3.63, 3.8) is 0 Å². The van der Waals surface area contributed by atoms with Gasteiger partial charge in [0.1, 0.15) is 0 Å². The summed E-state index contributed by atoms with van der Waals surface area (Å²) >= 11 is 0. The number of carbonyl (C=O) groups is 1. The lowest BCUT2D eigenvalue weighted by atomic mass is 10.1. The molecule has 0 saturated heterocycles. The molecular weight excluding hydrogens is 128 g/mol. The molecule has 50 valence electrons. The van der Waals surface area contributed by atoms with Crippen LogP contribution in [0.3, 0.4) is 0 Å². The van der Waals surface area contributed by atoms with Gasteiger partial charge in [-0.05, 0) is 17.7 Å². The molecule has 0 aromatic carbocycles. The highest BCUT2D eigenvalue weighted by Crippen LogP contribution is 2.25. The van der Waals surface area contributed by atoms with Gasteiger partial charge in [0.25, 0.3) is 0 Å². The van der Waals surface area contributed by atoms with E-state index in [4.69, 9.17) is 4.74 Å². The van der Waals surface area contributed by atoms with Gasteiger partial charge in [-0.3, -0.25) is 4.79 Å². The van der Waals surface area contributed by atoms with Crippen LogP contribution in [0.15, 0.2) is 35.8 Å². The van der Waals surface area contributed by atoms with Crippen molar-refractivity contribution in [3.8, 4) is 0 Å². The Balaban J connectivity index is 2.43. The Morgan fingerprint density at radius 2 is 2.40 bits per heavy atom. The Kier molecular flexibility index (Phi) is 1.01. The Morgan fingerprint density at radius 3 is 3.20 bits per heavy atom. The van der Waals surface area contributed by atoms with E-state index in [-0.39, 0.29) is 5.78 Å². The minimum atomic E-state index is 0.163. The van der Waals surface area contributed by atoms with Gasteiger partial charge in [0.05, 0.1) is 12.5 Å². The van der Waals surface area contributed by atoms with Crippen LogP contribution in [-0.4, -0.2) is 5.78 Å². The van der Waals surface area contributed by atoms with Crippen molar-refractivity contribution in [1.82, 2.24) is 0 Å². The average molecular weight is 134 g/mol. The second-order valence-corrected chi connectivity index (χ2v) is 2.32. The van der Waals surface area contributed by atoms with E-state index < -0.39 is 0 Å². The predicted octanol–water partition coefficient (Wildman–Crippen LogP) is 1.31. The summed E-state index contributed by atoms with van der Waals surface area (Å²) in [5.41, 5.74) is 1.99. The molecule has 1 aliphatic heterocycles. The van der Waals surface area contributed by atoms with Crippen molar-refractivity contribution in [2.24, 2.45) is 0 Å². The Labute approximate surface area is 58.5 Å². The quantitative estimate of drug-likeness (QED) is 0.499. The number of fused-ring (bicyclic) bond motifs is 1. The van der Waals surface area contributed by atoms with Crippen molar-refractivity contribution in [2.45, 2.75) is 6.42 Å². The Hall–Kier alpha value is -1.31. The predicted molar refractivity (Wildman–Crippen MR) is 36.0 cm³/mol. The maximum absolute atomic E-state index is 10.8. The van der Waals surface area contributed by atoms with Crippen LogP contribution in [0.2, 0.25) is 0 Å². The van der Waals surface area contributed by atoms with Gasteiger partial charge in [-0.15, -0.1) is 0 Å². The fourth-order valence-electron chi connectivity index (χ4n) is 1.11. The topological polar surface area (TPSA) is 26.3 Å². The summed E-state index contributed by atoms with van der Waals surface area (Å²) in [5.74, 6) is 0.163. The van der Waals surface area contributed by atoms with E-state index in [0.29, 0.717) is 6.42 Å². The summed E-state index contributed by atoms with van der Waals surface area (Å²) in [4.78, 5) is 10.8. The number of ether oxygens (including phenoxy) is 1. The Morgan fingerprint density at radius 1 is 1.50 bits per heavy atom. The van der Waals surface area contributed by atoms with Crippen molar-refractivity contribution < 1.29 is 9.53 Å². The summed E-state index contributed by atoms with van der Waals surface area (Å²) in [6.07, 6.45) is 7.15. The molecule has 0 saturated carbocycles. The normalized spacial score (nSPS) is 21.4. The van der Waals surface area contributed by atoms with Gasteiger partial charge in [0, 0.05) is 12.0 Å². The number of hydrogen-bond donors (Lipinski definition) is 0. The SMILES string of the molecule is O=C1C=C2C=COC=C2C1. The first kappa shape index (κ1) is 5.47. The molecule has 0 atom stereocenters. The molecule has 2 rings (SSSR count). The maximum atomic E-state index is 10.8. The van der Waals surface area contributed by atoms with Crippen LogP contribution in [0.4, 0.5) is 0 Å². The van der Waals surface area contributed by atoms with Crippen LogP contribution in [-0.2, 0) is 9.53 Å². The van der Waals surface area contributed by atoms with E-state index in [0.717, 1.165) is 11.1 Å². The van der Waals surface area contributed by atoms with E-state index in [1.807, 2.05) is 0 Å². The van der Waals surface area contributed by atoms with Crippen molar-refractivity contribution in [2.75, 3.05) is 0 Å². The van der Waals surface area contributed by atoms with Crippen molar-refractivity contribution >= 4 is 5.78 Å². The van der Waals surface area contributed by atoms with Gasteiger partial charge in [-0.1, -0.05) is 0 Å². The highest BCUT2D eigenvalue weighted by molar-refractivity contribution is 5.98. The van der Waals surface area contributed by atoms with Crippen LogP contribution < -0.4 is 0 Å². The fraction of sp³-hybridized carbons (Fsp3) is 0.125. The summed E-state index contributed by atoms with van der Waals surface area (Å²) in [7, 11) is 0. The van der Waals surface area contributed by atoms with Crippen LogP contribution in [0.1, 0.15) is 6.42 Å². The minimum Gasteiger partial charge on any atom is -0.472 e. The molecule has 0 spiro atoms. The third kappa shape index (κ3) is 0.692. The standard InChI is InChI=1S/C8H6O2/c9-8-3-6-1-2-10-5-7(6)4-8/h1-3,5H,4H2. The molecule has 2 nitrogen and oxygen atoms in total. The second kappa shape index (κ2) is 1.84. The lowest BCUT2D eigenvalue weighted by Crippen LogP contribution is -1.88. The smallest absolute Gasteiger partial charge is 0.160 e. The molecule has 1 aliphatic carbocycles. The molecule has 0 unspecified atom stereocenters. The van der Waals surface area contributed by atoms with Gasteiger partial charge in [0.2, 0.25) is 0 Å². The first-order chi connectivity index (χ1) is 4.86. The van der Waals surface area contributed by atoms with Crippen LogP contribution in [0, 0.1) is 0 Å². The summed E-state index contributed by atoms with van der Waals surface area (Å²) in [5, 5.41) is 0. The molecule has 0 aromatic rings. The zero-order chi connectivity index (χ0) is 6.97. The zero-order valence-corrected chi connectivity index (χ0v) is 5.33. The van der Waals surface area contributed by atoms with Crippen molar-refractivity contribution in [3.05, 3.63) is 35.8 Å². The molecule has 0 aromatic heterocycles. The maximum Gasteiger partial charge on any atom is 0.160 e. The zero-order valence-electron chi connectivity index (χ0n) is 5.33. The van der Waals surface area contributed by atoms with E-state index in [1.54, 1.807) is 24.7 Å². The summed E-state index contributed by atoms with van der Waals surface area (Å²) in [6, 6.07) is 0. The third-order valence-corrected chi connectivity index (χ3v) is 1.59. The molecule has 1 heterocycles. The van der Waals surface area contributed by atoms with E-state index >= 15 is 0 Å². The molecule has 0 amide bonds. The molecule has 10 heavy (non-hydrogen) atoms. The number of allylic oxidation sites excluding steroid dienone is 4. The first-order valence-corrected chi connectivity index (χ1v) is 3.12. The minimum absolute atomic E-state index is 0.163. The second-order valence-electron chi connectivity index (χ2n) is 2.32. The molecule has 2 aliphatic rings. The number of rotatable bonds is 0. The summed E-state index contributed by atoms with van der Waals surface area (Å²) < 4.78 is 4.90. The number of hydrogen-bond acceptors (Lipinski definition) is 2. The van der Waals surface area contributed by atoms with Crippen LogP contribution >= 0.6 is 0 Å². The lowest BCUT2D eigenvalue weighted by Gasteiger charge is -2.03. The third-order valence-electron chi connectivity index (χ3n) is 1.59. The van der Waals surface area contributed by atoms with Gasteiger partial charge < -0.3 is 4.74 Å². The molecule has 2 heteroatoms. The number of carbonyl (C=O) groups excluding carboxylic acids is 1. The molecule has 0 N–H and O–H groups in total. The van der Waals surface area contributed by atoms with Crippen LogP contribution in [0.5, 0.6) is 0 Å². The number of ketones is 1. The fourth-order valence-corrected chi connectivity index (χ4v) is 1.11. The highest BCUT2D eigenvalue weighted by Gasteiger charge is 2.17. The highest BCUT2D eigenvalue weighted by atomic mass is 16.5. The lowest BCUT2D eigenvalue weighted by molar-refractivity contribution is -0.113.